The van der Waals surface area contributed by atoms with E-state index in [4.69, 9.17) is 4.98 Å². The van der Waals surface area contributed by atoms with Crippen molar-refractivity contribution in [2.24, 2.45) is 0 Å². The number of aryl methyl sites for hydroxylation is 1. The molecule has 1 amide bonds. The zero-order valence-corrected chi connectivity index (χ0v) is 15.6. The average molecular weight is 357 g/mol. The number of nitrogens with zero attached hydrogens (tertiary/aromatic N) is 4. The fourth-order valence-corrected chi connectivity index (χ4v) is 3.53. The van der Waals surface area contributed by atoms with Crippen molar-refractivity contribution in [2.45, 2.75) is 50.6 Å². The molecule has 0 bridgehead atoms. The van der Waals surface area contributed by atoms with Crippen molar-refractivity contribution in [3.63, 3.8) is 0 Å². The number of rotatable bonds is 7. The van der Waals surface area contributed by atoms with Gasteiger partial charge in [0, 0.05) is 18.5 Å². The van der Waals surface area contributed by atoms with Gasteiger partial charge in [0.25, 0.3) is 0 Å². The van der Waals surface area contributed by atoms with E-state index in [1.165, 1.54) is 11.8 Å². The minimum Gasteiger partial charge on any atom is -0.355 e. The van der Waals surface area contributed by atoms with Crippen LogP contribution in [0.4, 0.5) is 0 Å². The topological polar surface area (TPSA) is 72.7 Å². The molecule has 0 fully saturated rings. The molecule has 0 aliphatic heterocycles. The van der Waals surface area contributed by atoms with Gasteiger partial charge in [-0.2, -0.15) is 0 Å². The van der Waals surface area contributed by atoms with Crippen molar-refractivity contribution in [3.05, 3.63) is 24.3 Å². The number of thioether (sulfide) groups is 1. The van der Waals surface area contributed by atoms with Gasteiger partial charge in [0.05, 0.1) is 10.8 Å². The van der Waals surface area contributed by atoms with Crippen molar-refractivity contribution in [3.8, 4) is 0 Å². The van der Waals surface area contributed by atoms with Crippen molar-refractivity contribution in [1.82, 2.24) is 25.1 Å². The number of nitrogens with one attached hydrogen (secondary N) is 1. The van der Waals surface area contributed by atoms with Gasteiger partial charge in [-0.05, 0) is 25.8 Å². The standard InChI is InChI=1S/C18H23N5OS/c1-4-10-19-17(24)12(3)25-18-20-16-15(21-22-18)13-8-6-7-9-14(13)23(16)11-5-2/h6-9,12H,4-5,10-11H2,1-3H3,(H,19,24). The second kappa shape index (κ2) is 7.82. The third-order valence-electron chi connectivity index (χ3n) is 4.00. The Kier molecular flexibility index (Phi) is 5.53. The highest BCUT2D eigenvalue weighted by molar-refractivity contribution is 8.00. The summed E-state index contributed by atoms with van der Waals surface area (Å²) in [6, 6.07) is 8.16. The van der Waals surface area contributed by atoms with Crippen LogP contribution in [-0.2, 0) is 11.3 Å². The summed E-state index contributed by atoms with van der Waals surface area (Å²) in [6.45, 7) is 7.60. The molecule has 2 aromatic heterocycles. The molecule has 2 heterocycles. The van der Waals surface area contributed by atoms with Crippen LogP contribution in [0, 0.1) is 0 Å². The number of aromatic nitrogens is 4. The third kappa shape index (κ3) is 3.61. The lowest BCUT2D eigenvalue weighted by atomic mass is 10.2. The molecule has 132 valence electrons. The largest absolute Gasteiger partial charge is 0.355 e. The van der Waals surface area contributed by atoms with Crippen molar-refractivity contribution < 1.29 is 4.79 Å². The Morgan fingerprint density at radius 3 is 2.80 bits per heavy atom. The highest BCUT2D eigenvalue weighted by atomic mass is 32.2. The number of benzene rings is 1. The van der Waals surface area contributed by atoms with Crippen molar-refractivity contribution in [1.29, 1.82) is 0 Å². The predicted octanol–water partition coefficient (Wildman–Crippen LogP) is 3.40. The molecule has 1 N–H and O–H groups in total. The molecule has 3 aromatic rings. The average Bonchev–Trinajstić information content (AvgIpc) is 2.93. The summed E-state index contributed by atoms with van der Waals surface area (Å²) in [5.41, 5.74) is 2.77. The van der Waals surface area contributed by atoms with E-state index >= 15 is 0 Å². The Morgan fingerprint density at radius 1 is 1.24 bits per heavy atom. The highest BCUT2D eigenvalue weighted by Gasteiger charge is 2.18. The van der Waals surface area contributed by atoms with E-state index in [-0.39, 0.29) is 11.2 Å². The molecule has 0 aliphatic rings. The van der Waals surface area contributed by atoms with Gasteiger partial charge in [-0.1, -0.05) is 43.8 Å². The molecule has 0 spiro atoms. The van der Waals surface area contributed by atoms with E-state index in [0.29, 0.717) is 11.7 Å². The molecule has 6 nitrogen and oxygen atoms in total. The minimum absolute atomic E-state index is 0.00430. The van der Waals surface area contributed by atoms with Crippen molar-refractivity contribution in [2.75, 3.05) is 6.54 Å². The van der Waals surface area contributed by atoms with Crippen LogP contribution in [0.2, 0.25) is 0 Å². The van der Waals surface area contributed by atoms with Crippen LogP contribution in [0.15, 0.2) is 29.4 Å². The lowest BCUT2D eigenvalue weighted by Gasteiger charge is -2.10. The van der Waals surface area contributed by atoms with E-state index in [1.807, 2.05) is 32.0 Å². The maximum absolute atomic E-state index is 12.1. The first kappa shape index (κ1) is 17.7. The predicted molar refractivity (Wildman–Crippen MR) is 102 cm³/mol. The van der Waals surface area contributed by atoms with E-state index < -0.39 is 0 Å². The van der Waals surface area contributed by atoms with E-state index in [9.17, 15) is 4.79 Å². The first-order chi connectivity index (χ1) is 12.2. The maximum Gasteiger partial charge on any atom is 0.233 e. The van der Waals surface area contributed by atoms with E-state index in [0.717, 1.165) is 41.5 Å². The molecule has 1 unspecified atom stereocenters. The van der Waals surface area contributed by atoms with E-state index in [1.54, 1.807) is 0 Å². The quantitative estimate of drug-likeness (QED) is 0.656. The highest BCUT2D eigenvalue weighted by Crippen LogP contribution is 2.28. The summed E-state index contributed by atoms with van der Waals surface area (Å²) in [7, 11) is 0. The SMILES string of the molecule is CCCNC(=O)C(C)Sc1nnc2c3ccccc3n(CCC)c2n1. The van der Waals surface area contributed by atoms with Crippen LogP contribution >= 0.6 is 11.8 Å². The monoisotopic (exact) mass is 357 g/mol. The van der Waals surface area contributed by atoms with Gasteiger partial charge in [-0.15, -0.1) is 10.2 Å². The summed E-state index contributed by atoms with van der Waals surface area (Å²) < 4.78 is 2.19. The number of carbonyl (C=O) groups is 1. The molecular weight excluding hydrogens is 334 g/mol. The number of fused-ring (bicyclic) bond motifs is 3. The van der Waals surface area contributed by atoms with Crippen molar-refractivity contribution >= 4 is 39.7 Å². The minimum atomic E-state index is -0.255. The van der Waals surface area contributed by atoms with Gasteiger partial charge in [0.2, 0.25) is 11.1 Å². The van der Waals surface area contributed by atoms with Crippen LogP contribution < -0.4 is 5.32 Å². The van der Waals surface area contributed by atoms with Gasteiger partial charge in [-0.3, -0.25) is 4.79 Å². The zero-order chi connectivity index (χ0) is 17.8. The number of para-hydroxylation sites is 1. The van der Waals surface area contributed by atoms with Crippen LogP contribution in [0.3, 0.4) is 0 Å². The van der Waals surface area contributed by atoms with Crippen LogP contribution in [-0.4, -0.2) is 37.5 Å². The first-order valence-corrected chi connectivity index (χ1v) is 9.59. The Balaban J connectivity index is 1.95. The number of hydrogen-bond acceptors (Lipinski definition) is 5. The summed E-state index contributed by atoms with van der Waals surface area (Å²) in [5, 5.41) is 12.9. The van der Waals surface area contributed by atoms with Gasteiger partial charge in [0.15, 0.2) is 5.65 Å². The Labute approximate surface area is 151 Å². The fraction of sp³-hybridized carbons (Fsp3) is 0.444. The van der Waals surface area contributed by atoms with Gasteiger partial charge >= 0.3 is 0 Å². The summed E-state index contributed by atoms with van der Waals surface area (Å²) in [5.74, 6) is 0.00430. The van der Waals surface area contributed by atoms with Crippen LogP contribution in [0.5, 0.6) is 0 Å². The maximum atomic E-state index is 12.1. The second-order valence-electron chi connectivity index (χ2n) is 5.99. The number of amides is 1. The van der Waals surface area contributed by atoms with Gasteiger partial charge < -0.3 is 9.88 Å². The van der Waals surface area contributed by atoms with Gasteiger partial charge in [-0.25, -0.2) is 4.98 Å². The molecule has 7 heteroatoms. The molecule has 0 saturated heterocycles. The summed E-state index contributed by atoms with van der Waals surface area (Å²) in [4.78, 5) is 16.8. The molecule has 0 saturated carbocycles. The molecule has 0 radical (unpaired) electrons. The van der Waals surface area contributed by atoms with Gasteiger partial charge in [0.1, 0.15) is 5.52 Å². The first-order valence-electron chi connectivity index (χ1n) is 8.71. The summed E-state index contributed by atoms with van der Waals surface area (Å²) >= 11 is 1.34. The van der Waals surface area contributed by atoms with Crippen LogP contribution in [0.1, 0.15) is 33.6 Å². The molecule has 1 atom stereocenters. The molecule has 0 aliphatic carbocycles. The lowest BCUT2D eigenvalue weighted by Crippen LogP contribution is -2.31. The smallest absolute Gasteiger partial charge is 0.233 e. The fourth-order valence-electron chi connectivity index (χ4n) is 2.79. The Hall–Kier alpha value is -2.15. The second-order valence-corrected chi connectivity index (χ2v) is 7.29. The molecule has 3 rings (SSSR count). The summed E-state index contributed by atoms with van der Waals surface area (Å²) in [6.07, 6.45) is 1.93. The molecule has 25 heavy (non-hydrogen) atoms. The third-order valence-corrected chi connectivity index (χ3v) is 4.95. The molecular formula is C18H23N5OS. The lowest BCUT2D eigenvalue weighted by molar-refractivity contribution is -0.120. The molecule has 1 aromatic carbocycles. The number of hydrogen-bond donors (Lipinski definition) is 1. The Morgan fingerprint density at radius 2 is 2.04 bits per heavy atom. The number of carbonyl (C=O) groups excluding carboxylic acids is 1. The zero-order valence-electron chi connectivity index (χ0n) is 14.8. The van der Waals surface area contributed by atoms with Crippen LogP contribution in [0.25, 0.3) is 22.1 Å². The van der Waals surface area contributed by atoms with E-state index in [2.05, 4.69) is 33.1 Å². The Bertz CT molecular complexity index is 892. The normalized spacial score (nSPS) is 12.6.